The first-order valence-electron chi connectivity index (χ1n) is 16.9. The number of hydrogen-bond acceptors (Lipinski definition) is 5. The van der Waals surface area contributed by atoms with Crippen LogP contribution in [-0.2, 0) is 31.2 Å². The van der Waals surface area contributed by atoms with Crippen LogP contribution in [0.5, 0.6) is 5.75 Å². The second-order valence-corrected chi connectivity index (χ2v) is 16.9. The molecule has 3 heterocycles. The number of aromatic nitrogens is 1. The molecule has 0 radical (unpaired) electrons. The third kappa shape index (κ3) is 4.33. The molecule has 1 aromatic heterocycles. The molecule has 6 heteroatoms. The molecule has 2 aromatic carbocycles. The Labute approximate surface area is 259 Å². The van der Waals surface area contributed by atoms with Gasteiger partial charge >= 0.3 is 0 Å². The van der Waals surface area contributed by atoms with E-state index in [1.165, 1.54) is 53.5 Å². The summed E-state index contributed by atoms with van der Waals surface area (Å²) in [5.41, 5.74) is 13.5. The van der Waals surface area contributed by atoms with Crippen molar-refractivity contribution in [3.63, 3.8) is 0 Å². The number of hydrazine groups is 1. The second-order valence-electron chi connectivity index (χ2n) is 16.9. The van der Waals surface area contributed by atoms with Crippen LogP contribution in [0.2, 0.25) is 0 Å². The fourth-order valence-electron chi connectivity index (χ4n) is 9.06. The van der Waals surface area contributed by atoms with Crippen LogP contribution < -0.4 is 10.4 Å². The van der Waals surface area contributed by atoms with Gasteiger partial charge in [-0.1, -0.05) is 47.6 Å². The van der Waals surface area contributed by atoms with Gasteiger partial charge in [0, 0.05) is 23.7 Å². The number of fused-ring (bicyclic) bond motifs is 7. The van der Waals surface area contributed by atoms with Crippen molar-refractivity contribution in [1.29, 1.82) is 0 Å². The van der Waals surface area contributed by atoms with E-state index >= 15 is 0 Å². The van der Waals surface area contributed by atoms with Gasteiger partial charge in [0.1, 0.15) is 11.1 Å². The zero-order valence-corrected chi connectivity index (χ0v) is 28.4. The number of hydroxylamine groups is 2. The molecule has 4 aliphatic rings. The Balaban J connectivity index is 1.11. The van der Waals surface area contributed by atoms with Crippen LogP contribution in [0.15, 0.2) is 28.8 Å². The highest BCUT2D eigenvalue weighted by Crippen LogP contribution is 2.66. The summed E-state index contributed by atoms with van der Waals surface area (Å²) < 4.78 is 6.38. The van der Waals surface area contributed by atoms with Gasteiger partial charge in [-0.15, -0.1) is 9.91 Å². The topological polar surface area (TPSA) is 45.6 Å². The first kappa shape index (κ1) is 29.3. The molecule has 0 saturated carbocycles. The van der Waals surface area contributed by atoms with Crippen LogP contribution in [0.3, 0.4) is 0 Å². The van der Waals surface area contributed by atoms with E-state index in [2.05, 4.69) is 109 Å². The minimum atomic E-state index is -0.0809. The SMILES string of the molecule is CC1N2Oc3cc4c(cc3C12C(C)(C)C)CC(C(C)(C)N(C)Nn1oc2c3c(ccc21)CC(C(C)(C)C)CCC3)CCC4. The molecule has 3 aromatic rings. The van der Waals surface area contributed by atoms with Crippen molar-refractivity contribution >= 4 is 11.1 Å². The van der Waals surface area contributed by atoms with Crippen LogP contribution in [0.25, 0.3) is 11.1 Å². The Hall–Kier alpha value is -2.44. The number of rotatable bonds is 4. The molecule has 5 unspecified atom stereocenters. The molecule has 7 rings (SSSR count). The molecule has 1 N–H and O–H groups in total. The Morgan fingerprint density at radius 3 is 2.30 bits per heavy atom. The fourth-order valence-corrected chi connectivity index (χ4v) is 9.06. The van der Waals surface area contributed by atoms with E-state index in [1.54, 1.807) is 0 Å². The highest BCUT2D eigenvalue weighted by atomic mass is 16.7. The van der Waals surface area contributed by atoms with Crippen LogP contribution in [-0.4, -0.2) is 33.5 Å². The summed E-state index contributed by atoms with van der Waals surface area (Å²) in [5, 5.41) is 4.52. The number of aryl methyl sites for hydroxylation is 2. The van der Waals surface area contributed by atoms with Gasteiger partial charge in [-0.05, 0) is 130 Å². The maximum Gasteiger partial charge on any atom is 0.190 e. The van der Waals surface area contributed by atoms with Gasteiger partial charge in [0.2, 0.25) is 0 Å². The highest BCUT2D eigenvalue weighted by molar-refractivity contribution is 5.79. The van der Waals surface area contributed by atoms with E-state index < -0.39 is 0 Å². The molecule has 5 atom stereocenters. The summed E-state index contributed by atoms with van der Waals surface area (Å²) >= 11 is 0. The quantitative estimate of drug-likeness (QED) is 0.189. The maximum absolute atomic E-state index is 6.41. The lowest BCUT2D eigenvalue weighted by molar-refractivity contribution is 0.0185. The molecule has 43 heavy (non-hydrogen) atoms. The lowest BCUT2D eigenvalue weighted by Crippen LogP contribution is -2.53. The minimum Gasteiger partial charge on any atom is -0.404 e. The second kappa shape index (κ2) is 9.53. The van der Waals surface area contributed by atoms with Crippen molar-refractivity contribution in [2.24, 2.45) is 22.7 Å². The molecule has 1 saturated heterocycles. The smallest absolute Gasteiger partial charge is 0.190 e. The summed E-state index contributed by atoms with van der Waals surface area (Å²) in [6.07, 6.45) is 9.40. The molecule has 1 fully saturated rings. The van der Waals surface area contributed by atoms with Gasteiger partial charge in [0.15, 0.2) is 11.3 Å². The molecular weight excluding hydrogens is 532 g/mol. The predicted molar refractivity (Wildman–Crippen MR) is 175 cm³/mol. The summed E-state index contributed by atoms with van der Waals surface area (Å²) in [4.78, 5) is 8.29. The molecule has 2 aliphatic heterocycles. The van der Waals surface area contributed by atoms with Crippen molar-refractivity contribution in [2.75, 3.05) is 12.6 Å². The Morgan fingerprint density at radius 1 is 0.884 bits per heavy atom. The van der Waals surface area contributed by atoms with Crippen molar-refractivity contribution in [3.05, 3.63) is 52.1 Å². The van der Waals surface area contributed by atoms with Crippen LogP contribution in [0.4, 0.5) is 0 Å². The lowest BCUT2D eigenvalue weighted by atomic mass is 9.72. The van der Waals surface area contributed by atoms with Crippen molar-refractivity contribution in [2.45, 2.75) is 131 Å². The zero-order valence-electron chi connectivity index (χ0n) is 28.4. The molecule has 0 bridgehead atoms. The van der Waals surface area contributed by atoms with Gasteiger partial charge in [-0.3, -0.25) is 0 Å². The number of nitrogens with one attached hydrogen (secondary N) is 1. The van der Waals surface area contributed by atoms with E-state index in [0.29, 0.717) is 17.4 Å². The van der Waals surface area contributed by atoms with Crippen LogP contribution in [0.1, 0.15) is 116 Å². The average Bonchev–Trinajstić information content (AvgIpc) is 3.51. The van der Waals surface area contributed by atoms with Gasteiger partial charge in [0.05, 0.1) is 6.04 Å². The van der Waals surface area contributed by atoms with Crippen molar-refractivity contribution in [3.8, 4) is 5.75 Å². The first-order chi connectivity index (χ1) is 20.1. The highest BCUT2D eigenvalue weighted by Gasteiger charge is 2.74. The van der Waals surface area contributed by atoms with Gasteiger partial charge in [-0.25, -0.2) is 10.5 Å². The van der Waals surface area contributed by atoms with Crippen molar-refractivity contribution < 1.29 is 9.36 Å². The van der Waals surface area contributed by atoms with Crippen LogP contribution in [0, 0.1) is 22.7 Å². The summed E-state index contributed by atoms with van der Waals surface area (Å²) in [6, 6.07) is 9.92. The maximum atomic E-state index is 6.41. The van der Waals surface area contributed by atoms with E-state index in [4.69, 9.17) is 9.36 Å². The van der Waals surface area contributed by atoms with E-state index in [9.17, 15) is 0 Å². The average molecular weight is 587 g/mol. The minimum absolute atomic E-state index is 0.0128. The zero-order chi connectivity index (χ0) is 30.7. The number of hydrogen-bond donors (Lipinski definition) is 1. The van der Waals surface area contributed by atoms with Gasteiger partial charge < -0.3 is 9.36 Å². The molecule has 0 amide bonds. The Morgan fingerprint density at radius 2 is 1.58 bits per heavy atom. The van der Waals surface area contributed by atoms with Crippen LogP contribution >= 0.6 is 0 Å². The third-order valence-electron chi connectivity index (χ3n) is 12.3. The van der Waals surface area contributed by atoms with Gasteiger partial charge in [-0.2, -0.15) is 0 Å². The first-order valence-corrected chi connectivity index (χ1v) is 16.9. The largest absolute Gasteiger partial charge is 0.404 e. The summed E-state index contributed by atoms with van der Waals surface area (Å²) in [5.74, 6) is 2.31. The normalized spacial score (nSPS) is 28.9. The molecule has 2 aliphatic carbocycles. The molecule has 6 nitrogen and oxygen atoms in total. The van der Waals surface area contributed by atoms with Crippen molar-refractivity contribution in [1.82, 2.24) is 14.9 Å². The van der Waals surface area contributed by atoms with E-state index in [1.807, 2.05) is 4.85 Å². The molecule has 234 valence electrons. The summed E-state index contributed by atoms with van der Waals surface area (Å²) in [6.45, 7) is 21.3. The number of nitrogens with zero attached hydrogens (tertiary/aromatic N) is 3. The summed E-state index contributed by atoms with van der Waals surface area (Å²) in [7, 11) is 2.18. The third-order valence-corrected chi connectivity index (χ3v) is 12.3. The monoisotopic (exact) mass is 586 g/mol. The molecular formula is C37H54N4O2. The Bertz CT molecular complexity index is 1550. The lowest BCUT2D eigenvalue weighted by Gasteiger charge is -2.42. The van der Waals surface area contributed by atoms with Gasteiger partial charge in [0.25, 0.3) is 0 Å². The number of benzene rings is 2. The van der Waals surface area contributed by atoms with E-state index in [-0.39, 0.29) is 16.5 Å². The molecule has 0 spiro atoms. The van der Waals surface area contributed by atoms with E-state index in [0.717, 1.165) is 48.5 Å². The standard InChI is InChI=1S/C37H54N4O2/c1-23-37(35(5,6)7)30-21-26-20-28(15-11-13-24(26)22-32(30)42-40(23)37)36(8,9)39(10)38-41-31-18-17-25-19-27(34(2,3)4)14-12-16-29(25)33(31)43-41/h17-18,21-23,27-28,38H,11-16,19-20H2,1-10H3. The predicted octanol–water partition coefficient (Wildman–Crippen LogP) is 8.39. The fraction of sp³-hybridized carbons (Fsp3) is 0.676. The Kier molecular flexibility index (Phi) is 6.49.